The van der Waals surface area contributed by atoms with Crippen LogP contribution in [0.4, 0.5) is 0 Å². The highest BCUT2D eigenvalue weighted by atomic mass is 79.9. The molecule has 7 heteroatoms. The first kappa shape index (κ1) is 15.9. The second-order valence-electron chi connectivity index (χ2n) is 3.95. The lowest BCUT2D eigenvalue weighted by atomic mass is 10.2. The molecule has 0 fully saturated rings. The van der Waals surface area contributed by atoms with Crippen LogP contribution in [0.25, 0.3) is 6.08 Å². The summed E-state index contributed by atoms with van der Waals surface area (Å²) in [5, 5.41) is 11.0. The number of carbonyl (C=O) groups excluding carboxylic acids is 2. The maximum absolute atomic E-state index is 11.6. The molecule has 0 aliphatic heterocycles. The number of hydrogen-bond donors (Lipinski definition) is 3. The van der Waals surface area contributed by atoms with Crippen LogP contribution in [0.5, 0.6) is 0 Å². The van der Waals surface area contributed by atoms with E-state index < -0.39 is 30.2 Å². The minimum Gasteiger partial charge on any atom is -0.480 e. The molecule has 0 aromatic heterocycles. The highest BCUT2D eigenvalue weighted by molar-refractivity contribution is 9.10. The third-order valence-electron chi connectivity index (χ3n) is 2.32. The molecule has 0 bridgehead atoms. The maximum Gasteiger partial charge on any atom is 0.326 e. The van der Waals surface area contributed by atoms with Crippen molar-refractivity contribution in [2.75, 3.05) is 0 Å². The van der Waals surface area contributed by atoms with Gasteiger partial charge in [-0.1, -0.05) is 28.1 Å². The Kier molecular flexibility index (Phi) is 5.92. The average Bonchev–Trinajstić information content (AvgIpc) is 2.36. The third-order valence-corrected chi connectivity index (χ3v) is 2.85. The van der Waals surface area contributed by atoms with Gasteiger partial charge in [-0.15, -0.1) is 0 Å². The first-order chi connectivity index (χ1) is 9.38. The number of hydrogen-bond acceptors (Lipinski definition) is 3. The van der Waals surface area contributed by atoms with E-state index in [9.17, 15) is 14.4 Å². The van der Waals surface area contributed by atoms with Crippen LogP contribution >= 0.6 is 15.9 Å². The van der Waals surface area contributed by atoms with E-state index in [0.717, 1.165) is 10.0 Å². The molecule has 0 unspecified atom stereocenters. The van der Waals surface area contributed by atoms with Gasteiger partial charge in [-0.05, 0) is 23.8 Å². The number of amides is 2. The summed E-state index contributed by atoms with van der Waals surface area (Å²) in [5.41, 5.74) is 5.69. The number of halogens is 1. The number of carboxylic acids is 1. The number of carboxylic acid groups (broad SMARTS) is 1. The Balaban J connectivity index is 2.63. The summed E-state index contributed by atoms with van der Waals surface area (Å²) in [7, 11) is 0. The van der Waals surface area contributed by atoms with Gasteiger partial charge in [-0.25, -0.2) is 4.79 Å². The van der Waals surface area contributed by atoms with Gasteiger partial charge in [0.1, 0.15) is 6.04 Å². The SMILES string of the molecule is NC(=O)C[C@H](NC(=O)C=Cc1ccc(Br)cc1)C(=O)O. The molecule has 106 valence electrons. The molecule has 6 nitrogen and oxygen atoms in total. The maximum atomic E-state index is 11.6. The lowest BCUT2D eigenvalue weighted by Crippen LogP contribution is -2.42. The van der Waals surface area contributed by atoms with Gasteiger partial charge in [0.15, 0.2) is 0 Å². The number of benzene rings is 1. The van der Waals surface area contributed by atoms with E-state index in [0.29, 0.717) is 0 Å². The largest absolute Gasteiger partial charge is 0.480 e. The highest BCUT2D eigenvalue weighted by Crippen LogP contribution is 2.11. The van der Waals surface area contributed by atoms with Gasteiger partial charge >= 0.3 is 5.97 Å². The van der Waals surface area contributed by atoms with E-state index in [-0.39, 0.29) is 0 Å². The minimum atomic E-state index is -1.32. The van der Waals surface area contributed by atoms with Crippen molar-refractivity contribution in [2.45, 2.75) is 12.5 Å². The topological polar surface area (TPSA) is 109 Å². The number of carbonyl (C=O) groups is 3. The summed E-state index contributed by atoms with van der Waals surface area (Å²) in [6.45, 7) is 0. The van der Waals surface area contributed by atoms with E-state index in [2.05, 4.69) is 21.2 Å². The van der Waals surface area contributed by atoms with Crippen LogP contribution in [-0.4, -0.2) is 28.9 Å². The van der Waals surface area contributed by atoms with E-state index in [4.69, 9.17) is 10.8 Å². The van der Waals surface area contributed by atoms with Crippen molar-refractivity contribution < 1.29 is 19.5 Å². The fourth-order valence-corrected chi connectivity index (χ4v) is 1.63. The van der Waals surface area contributed by atoms with Crippen LogP contribution in [0, 0.1) is 0 Å². The molecule has 0 heterocycles. The molecule has 0 saturated heterocycles. The normalized spacial score (nSPS) is 12.1. The Bertz CT molecular complexity index is 540. The van der Waals surface area contributed by atoms with Gasteiger partial charge in [0.2, 0.25) is 11.8 Å². The fourth-order valence-electron chi connectivity index (χ4n) is 1.37. The Hall–Kier alpha value is -2.15. The van der Waals surface area contributed by atoms with Gasteiger partial charge in [-0.2, -0.15) is 0 Å². The van der Waals surface area contributed by atoms with Crippen molar-refractivity contribution in [2.24, 2.45) is 5.73 Å². The fraction of sp³-hybridized carbons (Fsp3) is 0.154. The molecule has 1 aromatic rings. The monoisotopic (exact) mass is 340 g/mol. The predicted molar refractivity (Wildman–Crippen MR) is 76.6 cm³/mol. The number of aliphatic carboxylic acids is 1. The number of nitrogens with two attached hydrogens (primary N) is 1. The number of rotatable bonds is 6. The van der Waals surface area contributed by atoms with Crippen molar-refractivity contribution in [1.82, 2.24) is 5.32 Å². The summed E-state index contributed by atoms with van der Waals surface area (Å²) in [5.74, 6) is -2.72. The van der Waals surface area contributed by atoms with E-state index in [1.807, 2.05) is 12.1 Å². The predicted octanol–water partition coefficient (Wildman–Crippen LogP) is 0.907. The quantitative estimate of drug-likeness (QED) is 0.668. The molecule has 0 radical (unpaired) electrons. The van der Waals surface area contributed by atoms with Crippen molar-refractivity contribution >= 4 is 39.8 Å². The van der Waals surface area contributed by atoms with E-state index >= 15 is 0 Å². The standard InChI is InChI=1S/C13H13BrN2O4/c14-9-4-1-8(2-5-9)3-6-12(18)16-10(13(19)20)7-11(15)17/h1-6,10H,7H2,(H2,15,17)(H,16,18)(H,19,20)/t10-/m0/s1. The zero-order valence-electron chi connectivity index (χ0n) is 10.4. The lowest BCUT2D eigenvalue weighted by molar-refractivity contribution is -0.142. The molecular weight excluding hydrogens is 328 g/mol. The van der Waals surface area contributed by atoms with Crippen LogP contribution in [-0.2, 0) is 14.4 Å². The van der Waals surface area contributed by atoms with Gasteiger partial charge in [0, 0.05) is 10.5 Å². The van der Waals surface area contributed by atoms with Crippen molar-refractivity contribution in [3.8, 4) is 0 Å². The molecule has 2 amide bonds. The van der Waals surface area contributed by atoms with Crippen LogP contribution < -0.4 is 11.1 Å². The molecule has 4 N–H and O–H groups in total. The summed E-state index contributed by atoms with van der Waals surface area (Å²) in [4.78, 5) is 33.1. The zero-order chi connectivity index (χ0) is 15.1. The Morgan fingerprint density at radius 1 is 1.30 bits per heavy atom. The Morgan fingerprint density at radius 3 is 2.40 bits per heavy atom. The van der Waals surface area contributed by atoms with Crippen LogP contribution in [0.3, 0.4) is 0 Å². The molecule has 1 rings (SSSR count). The van der Waals surface area contributed by atoms with Crippen molar-refractivity contribution in [3.63, 3.8) is 0 Å². The van der Waals surface area contributed by atoms with Gasteiger partial charge in [0.25, 0.3) is 0 Å². The second kappa shape index (κ2) is 7.44. The number of primary amides is 1. The summed E-state index contributed by atoms with van der Waals surface area (Å²) in [6, 6.07) is 5.86. The summed E-state index contributed by atoms with van der Waals surface area (Å²) >= 11 is 3.28. The second-order valence-corrected chi connectivity index (χ2v) is 4.87. The zero-order valence-corrected chi connectivity index (χ0v) is 12.0. The summed E-state index contributed by atoms with van der Waals surface area (Å²) < 4.78 is 0.909. The molecule has 20 heavy (non-hydrogen) atoms. The average molecular weight is 341 g/mol. The minimum absolute atomic E-state index is 0.451. The third kappa shape index (κ3) is 5.66. The number of nitrogens with one attached hydrogen (secondary N) is 1. The smallest absolute Gasteiger partial charge is 0.326 e. The molecule has 0 saturated carbocycles. The van der Waals surface area contributed by atoms with Crippen LogP contribution in [0.2, 0.25) is 0 Å². The molecule has 1 aromatic carbocycles. The molecule has 0 aliphatic rings. The van der Waals surface area contributed by atoms with E-state index in [1.165, 1.54) is 12.2 Å². The van der Waals surface area contributed by atoms with Crippen LogP contribution in [0.1, 0.15) is 12.0 Å². The van der Waals surface area contributed by atoms with Crippen molar-refractivity contribution in [3.05, 3.63) is 40.4 Å². The van der Waals surface area contributed by atoms with Gasteiger partial charge < -0.3 is 16.2 Å². The first-order valence-corrected chi connectivity index (χ1v) is 6.43. The Labute approximate surface area is 123 Å². The highest BCUT2D eigenvalue weighted by Gasteiger charge is 2.20. The van der Waals surface area contributed by atoms with Gasteiger partial charge in [-0.3, -0.25) is 9.59 Å². The molecule has 1 atom stereocenters. The van der Waals surface area contributed by atoms with Gasteiger partial charge in [0.05, 0.1) is 6.42 Å². The molecule has 0 spiro atoms. The van der Waals surface area contributed by atoms with E-state index in [1.54, 1.807) is 12.1 Å². The summed E-state index contributed by atoms with van der Waals surface area (Å²) in [6.07, 6.45) is 2.28. The lowest BCUT2D eigenvalue weighted by Gasteiger charge is -2.10. The Morgan fingerprint density at radius 2 is 1.90 bits per heavy atom. The molecular formula is C13H13BrN2O4. The van der Waals surface area contributed by atoms with Crippen molar-refractivity contribution in [1.29, 1.82) is 0 Å². The first-order valence-electron chi connectivity index (χ1n) is 5.63. The van der Waals surface area contributed by atoms with Crippen LogP contribution in [0.15, 0.2) is 34.8 Å². The molecule has 0 aliphatic carbocycles.